The summed E-state index contributed by atoms with van der Waals surface area (Å²) in [6.07, 6.45) is 1.17. The number of pyridine rings is 1. The maximum Gasteiger partial charge on any atom is 0.534 e. The maximum atomic E-state index is 12.8. The number of benzene rings is 1. The highest BCUT2D eigenvalue weighted by Crippen LogP contribution is 2.34. The van der Waals surface area contributed by atoms with E-state index in [1.807, 2.05) is 30.3 Å². The number of aryl methyl sites for hydroxylation is 2. The predicted octanol–water partition coefficient (Wildman–Crippen LogP) is 3.34. The number of hydrogen-bond donors (Lipinski definition) is 1. The Morgan fingerprint density at radius 1 is 1.06 bits per heavy atom. The topological polar surface area (TPSA) is 104 Å². The second-order valence-electron chi connectivity index (χ2n) is 6.52. The van der Waals surface area contributed by atoms with Gasteiger partial charge >= 0.3 is 15.6 Å². The molecule has 0 atom stereocenters. The molecule has 13 heteroatoms. The molecular weight excluding hydrogens is 437 g/mol. The number of halogens is 3. The summed E-state index contributed by atoms with van der Waals surface area (Å²) in [4.78, 5) is 4.30. The van der Waals surface area contributed by atoms with Gasteiger partial charge in [-0.3, -0.25) is 9.36 Å². The van der Waals surface area contributed by atoms with Crippen molar-refractivity contribution in [1.82, 2.24) is 24.5 Å². The van der Waals surface area contributed by atoms with Crippen molar-refractivity contribution in [2.45, 2.75) is 5.51 Å². The first-order valence-corrected chi connectivity index (χ1v) is 10.2. The van der Waals surface area contributed by atoms with E-state index in [9.17, 15) is 21.6 Å². The second-order valence-corrected chi connectivity index (χ2v) is 8.06. The fourth-order valence-corrected chi connectivity index (χ4v) is 3.32. The van der Waals surface area contributed by atoms with E-state index >= 15 is 0 Å². The number of alkyl halides is 3. The van der Waals surface area contributed by atoms with E-state index in [-0.39, 0.29) is 16.9 Å². The molecule has 0 amide bonds. The van der Waals surface area contributed by atoms with Gasteiger partial charge in [0, 0.05) is 31.8 Å². The predicted molar refractivity (Wildman–Crippen MR) is 106 cm³/mol. The van der Waals surface area contributed by atoms with Crippen LogP contribution in [0.1, 0.15) is 0 Å². The van der Waals surface area contributed by atoms with Gasteiger partial charge in [-0.25, -0.2) is 4.98 Å². The SMILES string of the molecule is Cn1nc(-c2ccccc2)cc1Nc1cc(OS(=O)(=O)C(F)(F)F)c2cnn(C)c2n1. The third-order valence-corrected chi connectivity index (χ3v) is 5.32. The van der Waals surface area contributed by atoms with E-state index in [1.165, 1.54) is 22.6 Å². The number of aromatic nitrogens is 5. The Morgan fingerprint density at radius 3 is 2.45 bits per heavy atom. The molecule has 4 rings (SSSR count). The summed E-state index contributed by atoms with van der Waals surface area (Å²) >= 11 is 0. The van der Waals surface area contributed by atoms with Crippen molar-refractivity contribution in [2.75, 3.05) is 5.32 Å². The van der Waals surface area contributed by atoms with Crippen molar-refractivity contribution in [1.29, 1.82) is 0 Å². The molecule has 0 radical (unpaired) electrons. The van der Waals surface area contributed by atoms with Crippen LogP contribution in [0.3, 0.4) is 0 Å². The molecular formula is C18H15F3N6O3S. The van der Waals surface area contributed by atoms with Crippen LogP contribution in [-0.4, -0.2) is 38.5 Å². The van der Waals surface area contributed by atoms with Gasteiger partial charge in [0.25, 0.3) is 0 Å². The molecule has 0 aliphatic rings. The minimum Gasteiger partial charge on any atom is -0.375 e. The van der Waals surface area contributed by atoms with Gasteiger partial charge in [-0.05, 0) is 0 Å². The summed E-state index contributed by atoms with van der Waals surface area (Å²) in [5.74, 6) is -0.0352. The Morgan fingerprint density at radius 2 is 1.77 bits per heavy atom. The fraction of sp³-hybridized carbons (Fsp3) is 0.167. The first kappa shape index (κ1) is 20.7. The zero-order chi connectivity index (χ0) is 22.4. The smallest absolute Gasteiger partial charge is 0.375 e. The lowest BCUT2D eigenvalue weighted by Gasteiger charge is -2.12. The fourth-order valence-electron chi connectivity index (χ4n) is 2.85. The molecule has 9 nitrogen and oxygen atoms in total. The molecule has 0 unspecified atom stereocenters. The van der Waals surface area contributed by atoms with Crippen LogP contribution >= 0.6 is 0 Å². The van der Waals surface area contributed by atoms with E-state index in [0.29, 0.717) is 11.5 Å². The molecule has 4 aromatic rings. The third kappa shape index (κ3) is 3.91. The third-order valence-electron chi connectivity index (χ3n) is 4.36. The molecule has 0 aliphatic carbocycles. The van der Waals surface area contributed by atoms with Crippen LogP contribution in [0.15, 0.2) is 48.7 Å². The van der Waals surface area contributed by atoms with Crippen LogP contribution in [0, 0.1) is 0 Å². The van der Waals surface area contributed by atoms with E-state index in [4.69, 9.17) is 0 Å². The van der Waals surface area contributed by atoms with Crippen molar-refractivity contribution in [3.8, 4) is 17.0 Å². The van der Waals surface area contributed by atoms with Gasteiger partial charge in [-0.15, -0.1) is 0 Å². The molecule has 0 bridgehead atoms. The Hall–Kier alpha value is -3.61. The summed E-state index contributed by atoms with van der Waals surface area (Å²) in [7, 11) is -2.69. The van der Waals surface area contributed by atoms with E-state index in [2.05, 4.69) is 24.7 Å². The molecule has 0 aliphatic heterocycles. The Kier molecular flexibility index (Phi) is 4.84. The lowest BCUT2D eigenvalue weighted by atomic mass is 10.2. The van der Waals surface area contributed by atoms with Gasteiger partial charge in [0.05, 0.1) is 17.3 Å². The quantitative estimate of drug-likeness (QED) is 0.366. The van der Waals surface area contributed by atoms with Gasteiger partial charge in [-0.2, -0.15) is 31.8 Å². The molecule has 0 saturated heterocycles. The number of nitrogens with zero attached hydrogens (tertiary/aromatic N) is 5. The zero-order valence-corrected chi connectivity index (χ0v) is 16.9. The Bertz CT molecular complexity index is 1360. The largest absolute Gasteiger partial charge is 0.534 e. The van der Waals surface area contributed by atoms with Gasteiger partial charge in [0.2, 0.25) is 0 Å². The summed E-state index contributed by atoms with van der Waals surface area (Å²) in [5.41, 5.74) is -3.93. The zero-order valence-electron chi connectivity index (χ0n) is 16.1. The van der Waals surface area contributed by atoms with Crippen LogP contribution in [-0.2, 0) is 24.2 Å². The molecule has 0 saturated carbocycles. The molecule has 162 valence electrons. The van der Waals surface area contributed by atoms with Crippen LogP contribution in [0.2, 0.25) is 0 Å². The number of hydrogen-bond acceptors (Lipinski definition) is 7. The van der Waals surface area contributed by atoms with Gasteiger partial charge in [0.15, 0.2) is 11.4 Å². The van der Waals surface area contributed by atoms with E-state index < -0.39 is 21.4 Å². The van der Waals surface area contributed by atoms with Gasteiger partial charge in [-0.1, -0.05) is 30.3 Å². The standard InChI is InChI=1S/C18H15F3N6O3S/c1-26-16(8-13(25-26)11-6-4-3-5-7-11)23-15-9-14(30-31(28,29)18(19,20)21)12-10-22-27(2)17(12)24-15/h3-10H,1-2H3,(H,23,24). The molecule has 31 heavy (non-hydrogen) atoms. The lowest BCUT2D eigenvalue weighted by Crippen LogP contribution is -2.28. The minimum absolute atomic E-state index is 0.0101. The number of fused-ring (bicyclic) bond motifs is 1. The highest BCUT2D eigenvalue weighted by molar-refractivity contribution is 7.88. The van der Waals surface area contributed by atoms with Crippen LogP contribution in [0.4, 0.5) is 24.8 Å². The molecule has 0 spiro atoms. The van der Waals surface area contributed by atoms with Crippen LogP contribution < -0.4 is 9.50 Å². The molecule has 3 heterocycles. The van der Waals surface area contributed by atoms with Crippen LogP contribution in [0.5, 0.6) is 5.75 Å². The minimum atomic E-state index is -5.87. The summed E-state index contributed by atoms with van der Waals surface area (Å²) in [6, 6.07) is 12.1. The average Bonchev–Trinajstić information content (AvgIpc) is 3.25. The van der Waals surface area contributed by atoms with E-state index in [1.54, 1.807) is 13.1 Å². The second kappa shape index (κ2) is 7.27. The summed E-state index contributed by atoms with van der Waals surface area (Å²) in [5, 5.41) is 11.2. The lowest BCUT2D eigenvalue weighted by molar-refractivity contribution is -0.0499. The van der Waals surface area contributed by atoms with Crippen LogP contribution in [0.25, 0.3) is 22.3 Å². The number of anilines is 2. The van der Waals surface area contributed by atoms with Crippen molar-refractivity contribution in [3.05, 3.63) is 48.7 Å². The van der Waals surface area contributed by atoms with E-state index in [0.717, 1.165) is 11.6 Å². The molecule has 1 aromatic carbocycles. The summed E-state index contributed by atoms with van der Waals surface area (Å²) < 4.78 is 68.7. The first-order valence-electron chi connectivity index (χ1n) is 8.75. The van der Waals surface area contributed by atoms with Gasteiger partial charge < -0.3 is 9.50 Å². The monoisotopic (exact) mass is 452 g/mol. The Balaban J connectivity index is 1.74. The molecule has 1 N–H and O–H groups in total. The molecule has 3 aromatic heterocycles. The molecule has 0 fully saturated rings. The number of rotatable bonds is 5. The average molecular weight is 452 g/mol. The van der Waals surface area contributed by atoms with Crippen molar-refractivity contribution in [2.24, 2.45) is 14.1 Å². The highest BCUT2D eigenvalue weighted by atomic mass is 32.2. The van der Waals surface area contributed by atoms with Crippen molar-refractivity contribution < 1.29 is 25.8 Å². The Labute approximate surface area is 174 Å². The van der Waals surface area contributed by atoms with Crippen molar-refractivity contribution in [3.63, 3.8) is 0 Å². The first-order chi connectivity index (χ1) is 14.5. The normalized spacial score (nSPS) is 12.3. The number of nitrogens with one attached hydrogen (secondary N) is 1. The maximum absolute atomic E-state index is 12.8. The van der Waals surface area contributed by atoms with Gasteiger partial charge in [0.1, 0.15) is 11.6 Å². The summed E-state index contributed by atoms with van der Waals surface area (Å²) in [6.45, 7) is 0. The van der Waals surface area contributed by atoms with Crippen molar-refractivity contribution >= 4 is 32.8 Å². The highest BCUT2D eigenvalue weighted by Gasteiger charge is 2.48.